The van der Waals surface area contributed by atoms with Gasteiger partial charge in [-0.2, -0.15) is 0 Å². The molecular formula is C21H24N3+. The average molecular weight is 318 g/mol. The van der Waals surface area contributed by atoms with E-state index < -0.39 is 0 Å². The molecule has 2 aromatic heterocycles. The Morgan fingerprint density at radius 1 is 1.04 bits per heavy atom. The van der Waals surface area contributed by atoms with Crippen molar-refractivity contribution < 1.29 is 4.57 Å². The van der Waals surface area contributed by atoms with E-state index in [0.29, 0.717) is 5.92 Å². The molecule has 0 bridgehead atoms. The van der Waals surface area contributed by atoms with E-state index in [-0.39, 0.29) is 0 Å². The van der Waals surface area contributed by atoms with Crippen molar-refractivity contribution in [3.8, 4) is 22.5 Å². The van der Waals surface area contributed by atoms with Gasteiger partial charge in [0.15, 0.2) is 6.20 Å². The van der Waals surface area contributed by atoms with Gasteiger partial charge in [0, 0.05) is 24.2 Å². The monoisotopic (exact) mass is 318 g/mol. The molecule has 3 aromatic rings. The van der Waals surface area contributed by atoms with Crippen molar-refractivity contribution in [3.05, 3.63) is 66.2 Å². The van der Waals surface area contributed by atoms with Crippen molar-refractivity contribution in [2.24, 2.45) is 13.0 Å². The van der Waals surface area contributed by atoms with Gasteiger partial charge in [0.2, 0.25) is 5.69 Å². The summed E-state index contributed by atoms with van der Waals surface area (Å²) < 4.78 is 2.17. The first-order valence-corrected chi connectivity index (χ1v) is 8.42. The van der Waals surface area contributed by atoms with Gasteiger partial charge in [-0.25, -0.2) is 14.5 Å². The van der Waals surface area contributed by atoms with Gasteiger partial charge in [0.1, 0.15) is 12.9 Å². The minimum atomic E-state index is 0.555. The molecule has 122 valence electrons. The lowest BCUT2D eigenvalue weighted by Crippen LogP contribution is -2.31. The molecule has 2 heterocycles. The Morgan fingerprint density at radius 3 is 2.54 bits per heavy atom. The van der Waals surface area contributed by atoms with E-state index in [1.807, 2.05) is 12.3 Å². The van der Waals surface area contributed by atoms with E-state index in [0.717, 1.165) is 23.5 Å². The normalized spacial score (nSPS) is 11.0. The van der Waals surface area contributed by atoms with Crippen molar-refractivity contribution in [2.75, 3.05) is 0 Å². The van der Waals surface area contributed by atoms with Gasteiger partial charge in [0.25, 0.3) is 0 Å². The van der Waals surface area contributed by atoms with E-state index in [1.165, 1.54) is 16.8 Å². The molecule has 0 fully saturated rings. The summed E-state index contributed by atoms with van der Waals surface area (Å²) in [7, 11) is 2.08. The van der Waals surface area contributed by atoms with Gasteiger partial charge in [-0.1, -0.05) is 32.0 Å². The quantitative estimate of drug-likeness (QED) is 0.677. The first kappa shape index (κ1) is 16.3. The molecule has 24 heavy (non-hydrogen) atoms. The number of aromatic nitrogens is 3. The molecule has 0 atom stereocenters. The molecule has 3 heteroatoms. The maximum atomic E-state index is 4.72. The molecular weight excluding hydrogens is 294 g/mol. The lowest BCUT2D eigenvalue weighted by Gasteiger charge is -2.07. The third-order valence-electron chi connectivity index (χ3n) is 4.15. The fourth-order valence-corrected chi connectivity index (χ4v) is 2.92. The van der Waals surface area contributed by atoms with E-state index >= 15 is 0 Å². The Hall–Kier alpha value is -2.55. The minimum absolute atomic E-state index is 0.555. The van der Waals surface area contributed by atoms with Crippen molar-refractivity contribution in [1.82, 2.24) is 9.97 Å². The Bertz CT molecular complexity index is 853. The SMILES string of the molecule is Cc1ccccc1-c1ccc(-c2ccnc(CC(C)C)n2)c[n+]1C. The molecule has 0 spiro atoms. The highest BCUT2D eigenvalue weighted by atomic mass is 14.9. The molecule has 0 N–H and O–H groups in total. The summed E-state index contributed by atoms with van der Waals surface area (Å²) in [4.78, 5) is 9.11. The molecule has 0 aliphatic carbocycles. The highest BCUT2D eigenvalue weighted by Gasteiger charge is 2.14. The number of rotatable bonds is 4. The number of aryl methyl sites for hydroxylation is 2. The zero-order valence-electron chi connectivity index (χ0n) is 14.8. The summed E-state index contributed by atoms with van der Waals surface area (Å²) in [5, 5.41) is 0. The Balaban J connectivity index is 1.97. The largest absolute Gasteiger partial charge is 0.241 e. The molecule has 3 rings (SSSR count). The highest BCUT2D eigenvalue weighted by Crippen LogP contribution is 2.22. The fraction of sp³-hybridized carbons (Fsp3) is 0.286. The van der Waals surface area contributed by atoms with Gasteiger partial charge in [-0.05, 0) is 36.6 Å². The summed E-state index contributed by atoms with van der Waals surface area (Å²) in [5.41, 5.74) is 5.83. The van der Waals surface area contributed by atoms with Crippen LogP contribution in [0.3, 0.4) is 0 Å². The summed E-state index contributed by atoms with van der Waals surface area (Å²) in [6.45, 7) is 6.52. The lowest BCUT2D eigenvalue weighted by atomic mass is 10.0. The van der Waals surface area contributed by atoms with Crippen LogP contribution in [0.25, 0.3) is 22.5 Å². The molecule has 1 aromatic carbocycles. The number of hydrogen-bond acceptors (Lipinski definition) is 2. The van der Waals surface area contributed by atoms with Crippen molar-refractivity contribution in [1.29, 1.82) is 0 Å². The number of benzene rings is 1. The topological polar surface area (TPSA) is 29.7 Å². The zero-order valence-corrected chi connectivity index (χ0v) is 14.8. The van der Waals surface area contributed by atoms with E-state index in [9.17, 15) is 0 Å². The lowest BCUT2D eigenvalue weighted by molar-refractivity contribution is -0.659. The van der Waals surface area contributed by atoms with Crippen LogP contribution >= 0.6 is 0 Å². The second-order valence-electron chi connectivity index (χ2n) is 6.68. The fourth-order valence-electron chi connectivity index (χ4n) is 2.92. The van der Waals surface area contributed by atoms with Gasteiger partial charge in [-0.15, -0.1) is 0 Å². The molecule has 0 radical (unpaired) electrons. The third kappa shape index (κ3) is 3.51. The molecule has 0 amide bonds. The predicted molar refractivity (Wildman–Crippen MR) is 97.4 cm³/mol. The summed E-state index contributed by atoms with van der Waals surface area (Å²) in [6.07, 6.45) is 4.90. The van der Waals surface area contributed by atoms with Crippen LogP contribution in [0.15, 0.2) is 54.9 Å². The maximum absolute atomic E-state index is 4.72. The number of hydrogen-bond donors (Lipinski definition) is 0. The molecule has 3 nitrogen and oxygen atoms in total. The minimum Gasteiger partial charge on any atom is -0.241 e. The molecule has 0 saturated heterocycles. The van der Waals surface area contributed by atoms with Gasteiger partial charge < -0.3 is 0 Å². The van der Waals surface area contributed by atoms with Crippen molar-refractivity contribution in [2.45, 2.75) is 27.2 Å². The van der Waals surface area contributed by atoms with Crippen LogP contribution in [-0.4, -0.2) is 9.97 Å². The van der Waals surface area contributed by atoms with Crippen LogP contribution < -0.4 is 4.57 Å². The van der Waals surface area contributed by atoms with Crippen LogP contribution in [0, 0.1) is 12.8 Å². The van der Waals surface area contributed by atoms with Gasteiger partial charge in [-0.3, -0.25) is 0 Å². The second kappa shape index (κ2) is 6.91. The van der Waals surface area contributed by atoms with Crippen LogP contribution in [0.1, 0.15) is 25.2 Å². The first-order valence-electron chi connectivity index (χ1n) is 8.42. The van der Waals surface area contributed by atoms with Crippen molar-refractivity contribution in [3.63, 3.8) is 0 Å². The van der Waals surface area contributed by atoms with Gasteiger partial charge >= 0.3 is 0 Å². The van der Waals surface area contributed by atoms with E-state index in [1.54, 1.807) is 0 Å². The van der Waals surface area contributed by atoms with Crippen LogP contribution in [0.4, 0.5) is 0 Å². The average Bonchev–Trinajstić information content (AvgIpc) is 2.55. The van der Waals surface area contributed by atoms with E-state index in [2.05, 4.69) is 80.0 Å². The second-order valence-corrected chi connectivity index (χ2v) is 6.68. The smallest absolute Gasteiger partial charge is 0.212 e. The molecule has 0 aliphatic rings. The Kier molecular flexibility index (Phi) is 4.70. The Labute approximate surface area is 144 Å². The Morgan fingerprint density at radius 2 is 1.83 bits per heavy atom. The summed E-state index contributed by atoms with van der Waals surface area (Å²) in [5.74, 6) is 1.47. The van der Waals surface area contributed by atoms with E-state index in [4.69, 9.17) is 4.98 Å². The predicted octanol–water partition coefficient (Wildman–Crippen LogP) is 4.14. The molecule has 0 unspecified atom stereocenters. The van der Waals surface area contributed by atoms with Crippen LogP contribution in [0.5, 0.6) is 0 Å². The highest BCUT2D eigenvalue weighted by molar-refractivity contribution is 5.64. The molecule has 0 aliphatic heterocycles. The maximum Gasteiger partial charge on any atom is 0.212 e. The van der Waals surface area contributed by atoms with Gasteiger partial charge in [0.05, 0.1) is 11.3 Å². The number of nitrogens with zero attached hydrogens (tertiary/aromatic N) is 3. The first-order chi connectivity index (χ1) is 11.5. The summed E-state index contributed by atoms with van der Waals surface area (Å²) in [6, 6.07) is 14.8. The zero-order chi connectivity index (χ0) is 17.1. The number of pyridine rings is 1. The third-order valence-corrected chi connectivity index (χ3v) is 4.15. The molecule has 0 saturated carbocycles. The standard InChI is InChI=1S/C21H24N3/c1-15(2)13-21-22-12-11-19(23-21)17-9-10-20(24(4)14-17)18-8-6-5-7-16(18)3/h5-12,14-15H,13H2,1-4H3/q+1. The van der Waals surface area contributed by atoms with Crippen LogP contribution in [0.2, 0.25) is 0 Å². The summed E-state index contributed by atoms with van der Waals surface area (Å²) >= 11 is 0. The van der Waals surface area contributed by atoms with Crippen LogP contribution in [-0.2, 0) is 13.5 Å². The van der Waals surface area contributed by atoms with Crippen molar-refractivity contribution >= 4 is 0 Å².